The molecule has 2 amide bonds. The first-order valence-electron chi connectivity index (χ1n) is 6.60. The number of para-hydroxylation sites is 1. The van der Waals surface area contributed by atoms with Gasteiger partial charge in [-0.05, 0) is 30.9 Å². The zero-order chi connectivity index (χ0) is 14.7. The third kappa shape index (κ3) is 3.22. The van der Waals surface area contributed by atoms with E-state index in [-0.39, 0.29) is 17.7 Å². The quantitative estimate of drug-likeness (QED) is 0.831. The standard InChI is InChI=1S/C14H18ClN3O2/c15-11-3-1-2-10(13(11)17)14(20)18-6-4-9(5-7-18)8-12(16)19/h1-3,9H,4-8,17H2,(H2,16,19). The number of anilines is 1. The van der Waals surface area contributed by atoms with Gasteiger partial charge in [0, 0.05) is 19.5 Å². The molecule has 1 saturated heterocycles. The molecule has 108 valence electrons. The fourth-order valence-electron chi connectivity index (χ4n) is 2.52. The van der Waals surface area contributed by atoms with Crippen molar-refractivity contribution in [2.75, 3.05) is 18.8 Å². The van der Waals surface area contributed by atoms with E-state index in [1.807, 2.05) is 0 Å². The number of nitrogens with zero attached hydrogens (tertiary/aromatic N) is 1. The van der Waals surface area contributed by atoms with Gasteiger partial charge in [-0.3, -0.25) is 9.59 Å². The van der Waals surface area contributed by atoms with Crippen LogP contribution in [-0.2, 0) is 4.79 Å². The minimum absolute atomic E-state index is 0.109. The summed E-state index contributed by atoms with van der Waals surface area (Å²) in [5, 5.41) is 0.388. The van der Waals surface area contributed by atoms with Gasteiger partial charge in [0.25, 0.3) is 5.91 Å². The average Bonchev–Trinajstić information content (AvgIpc) is 2.41. The van der Waals surface area contributed by atoms with E-state index in [1.165, 1.54) is 0 Å². The van der Waals surface area contributed by atoms with Crippen molar-refractivity contribution in [3.8, 4) is 0 Å². The van der Waals surface area contributed by atoms with Crippen LogP contribution in [0.3, 0.4) is 0 Å². The van der Waals surface area contributed by atoms with E-state index in [9.17, 15) is 9.59 Å². The Morgan fingerprint density at radius 2 is 1.95 bits per heavy atom. The predicted octanol–water partition coefficient (Wildman–Crippen LogP) is 1.65. The number of carbonyl (C=O) groups excluding carboxylic acids is 2. The molecule has 0 saturated carbocycles. The highest BCUT2D eigenvalue weighted by Crippen LogP contribution is 2.26. The van der Waals surface area contributed by atoms with Gasteiger partial charge < -0.3 is 16.4 Å². The van der Waals surface area contributed by atoms with Crippen LogP contribution in [0.25, 0.3) is 0 Å². The lowest BCUT2D eigenvalue weighted by Gasteiger charge is -2.31. The number of benzene rings is 1. The number of nitrogens with two attached hydrogens (primary N) is 2. The van der Waals surface area contributed by atoms with Crippen LogP contribution in [0.1, 0.15) is 29.6 Å². The molecule has 1 fully saturated rings. The van der Waals surface area contributed by atoms with E-state index < -0.39 is 0 Å². The van der Waals surface area contributed by atoms with Crippen molar-refractivity contribution in [1.82, 2.24) is 4.90 Å². The number of carbonyl (C=O) groups is 2. The van der Waals surface area contributed by atoms with Crippen LogP contribution in [0.5, 0.6) is 0 Å². The van der Waals surface area contributed by atoms with Gasteiger partial charge >= 0.3 is 0 Å². The number of nitrogen functional groups attached to an aromatic ring is 1. The van der Waals surface area contributed by atoms with Crippen LogP contribution in [0.15, 0.2) is 18.2 Å². The summed E-state index contributed by atoms with van der Waals surface area (Å²) in [6, 6.07) is 5.05. The molecule has 0 spiro atoms. The first kappa shape index (κ1) is 14.7. The highest BCUT2D eigenvalue weighted by Gasteiger charge is 2.25. The molecule has 0 unspecified atom stereocenters. The molecule has 0 bridgehead atoms. The molecule has 6 heteroatoms. The number of piperidine rings is 1. The van der Waals surface area contributed by atoms with E-state index >= 15 is 0 Å². The lowest BCUT2D eigenvalue weighted by Crippen LogP contribution is -2.39. The molecule has 1 aromatic carbocycles. The van der Waals surface area contributed by atoms with Crippen LogP contribution in [0.4, 0.5) is 5.69 Å². The Morgan fingerprint density at radius 3 is 2.55 bits per heavy atom. The summed E-state index contributed by atoms with van der Waals surface area (Å²) < 4.78 is 0. The minimum atomic E-state index is -0.283. The molecule has 0 aromatic heterocycles. The number of amides is 2. The maximum absolute atomic E-state index is 12.4. The van der Waals surface area contributed by atoms with Crippen LogP contribution < -0.4 is 11.5 Å². The maximum Gasteiger partial charge on any atom is 0.255 e. The molecule has 0 radical (unpaired) electrons. The molecule has 1 aliphatic heterocycles. The Labute approximate surface area is 122 Å². The Bertz CT molecular complexity index is 525. The van der Waals surface area contributed by atoms with Gasteiger partial charge in [0.1, 0.15) is 0 Å². The van der Waals surface area contributed by atoms with Crippen molar-refractivity contribution in [1.29, 1.82) is 0 Å². The summed E-state index contributed by atoms with van der Waals surface area (Å²) in [6.07, 6.45) is 1.96. The largest absolute Gasteiger partial charge is 0.397 e. The molecule has 4 N–H and O–H groups in total. The zero-order valence-corrected chi connectivity index (χ0v) is 11.9. The van der Waals surface area contributed by atoms with Crippen molar-refractivity contribution in [2.45, 2.75) is 19.3 Å². The summed E-state index contributed by atoms with van der Waals surface area (Å²) in [7, 11) is 0. The van der Waals surface area contributed by atoms with Gasteiger partial charge in [-0.25, -0.2) is 0 Å². The van der Waals surface area contributed by atoms with Gasteiger partial charge in [0.15, 0.2) is 0 Å². The van der Waals surface area contributed by atoms with Gasteiger partial charge in [-0.2, -0.15) is 0 Å². The number of halogens is 1. The Balaban J connectivity index is 2.02. The van der Waals surface area contributed by atoms with Crippen molar-refractivity contribution < 1.29 is 9.59 Å². The summed E-state index contributed by atoms with van der Waals surface area (Å²) >= 11 is 5.93. The maximum atomic E-state index is 12.4. The fourth-order valence-corrected chi connectivity index (χ4v) is 2.69. The van der Waals surface area contributed by atoms with Gasteiger partial charge in [-0.15, -0.1) is 0 Å². The monoisotopic (exact) mass is 295 g/mol. The van der Waals surface area contributed by atoms with Crippen LogP contribution in [0, 0.1) is 5.92 Å². The van der Waals surface area contributed by atoms with Gasteiger partial charge in [-0.1, -0.05) is 17.7 Å². The van der Waals surface area contributed by atoms with E-state index in [0.29, 0.717) is 35.8 Å². The third-order valence-corrected chi connectivity index (χ3v) is 4.00. The van der Waals surface area contributed by atoms with E-state index in [0.717, 1.165) is 12.8 Å². The Kier molecular flexibility index (Phi) is 4.49. The summed E-state index contributed by atoms with van der Waals surface area (Å²) in [5.74, 6) is -0.121. The second kappa shape index (κ2) is 6.13. The minimum Gasteiger partial charge on any atom is -0.397 e. The fraction of sp³-hybridized carbons (Fsp3) is 0.429. The lowest BCUT2D eigenvalue weighted by atomic mass is 9.93. The molecule has 20 heavy (non-hydrogen) atoms. The normalized spacial score (nSPS) is 16.1. The van der Waals surface area contributed by atoms with E-state index in [1.54, 1.807) is 23.1 Å². The molecule has 0 atom stereocenters. The Hall–Kier alpha value is -1.75. The van der Waals surface area contributed by atoms with E-state index in [2.05, 4.69) is 0 Å². The lowest BCUT2D eigenvalue weighted by molar-refractivity contribution is -0.119. The number of hydrogen-bond acceptors (Lipinski definition) is 3. The molecular weight excluding hydrogens is 278 g/mol. The predicted molar refractivity (Wildman–Crippen MR) is 78.3 cm³/mol. The van der Waals surface area contributed by atoms with E-state index in [4.69, 9.17) is 23.1 Å². The Morgan fingerprint density at radius 1 is 1.30 bits per heavy atom. The molecule has 2 rings (SSSR count). The van der Waals surface area contributed by atoms with Crippen molar-refractivity contribution in [3.05, 3.63) is 28.8 Å². The number of hydrogen-bond donors (Lipinski definition) is 2. The topological polar surface area (TPSA) is 89.4 Å². The highest BCUT2D eigenvalue weighted by molar-refractivity contribution is 6.33. The van der Waals surface area contributed by atoms with Crippen LogP contribution in [0.2, 0.25) is 5.02 Å². The van der Waals surface area contributed by atoms with Crippen molar-refractivity contribution >= 4 is 29.1 Å². The highest BCUT2D eigenvalue weighted by atomic mass is 35.5. The van der Waals surface area contributed by atoms with Crippen LogP contribution >= 0.6 is 11.6 Å². The molecule has 1 aromatic rings. The first-order chi connectivity index (χ1) is 9.49. The summed E-state index contributed by atoms with van der Waals surface area (Å²) in [5.41, 5.74) is 11.8. The number of likely N-dealkylation sites (tertiary alicyclic amines) is 1. The van der Waals surface area contributed by atoms with Crippen molar-refractivity contribution in [2.24, 2.45) is 11.7 Å². The van der Waals surface area contributed by atoms with Crippen molar-refractivity contribution in [3.63, 3.8) is 0 Å². The molecule has 1 heterocycles. The SMILES string of the molecule is NC(=O)CC1CCN(C(=O)c2cccc(Cl)c2N)CC1. The number of rotatable bonds is 3. The van der Waals surface area contributed by atoms with Gasteiger partial charge in [0.2, 0.25) is 5.91 Å². The van der Waals surface area contributed by atoms with Crippen LogP contribution in [-0.4, -0.2) is 29.8 Å². The smallest absolute Gasteiger partial charge is 0.255 e. The zero-order valence-electron chi connectivity index (χ0n) is 11.1. The summed E-state index contributed by atoms with van der Waals surface area (Å²) in [4.78, 5) is 25.0. The molecular formula is C14H18ClN3O2. The number of primary amides is 1. The molecule has 0 aliphatic carbocycles. The first-order valence-corrected chi connectivity index (χ1v) is 6.98. The molecule has 5 nitrogen and oxygen atoms in total. The second-order valence-electron chi connectivity index (χ2n) is 5.11. The molecule has 1 aliphatic rings. The summed E-state index contributed by atoms with van der Waals surface area (Å²) in [6.45, 7) is 1.23. The van der Waals surface area contributed by atoms with Gasteiger partial charge in [0.05, 0.1) is 16.3 Å². The second-order valence-corrected chi connectivity index (χ2v) is 5.51. The third-order valence-electron chi connectivity index (χ3n) is 3.67. The average molecular weight is 296 g/mol.